The zero-order valence-electron chi connectivity index (χ0n) is 8.92. The molecule has 0 spiro atoms. The minimum Gasteiger partial charge on any atom is -0.375 e. The molecule has 1 rings (SSSR count). The van der Waals surface area contributed by atoms with Crippen LogP contribution in [0.5, 0.6) is 0 Å². The third-order valence-corrected chi connectivity index (χ3v) is 3.08. The quantitative estimate of drug-likeness (QED) is 0.902. The summed E-state index contributed by atoms with van der Waals surface area (Å²) in [7, 11) is 2.08. The Morgan fingerprint density at radius 1 is 1.50 bits per heavy atom. The first-order chi connectivity index (χ1) is 6.56. The first-order valence-electron chi connectivity index (χ1n) is 4.82. The number of benzene rings is 1. The lowest BCUT2D eigenvalue weighted by atomic mass is 10.1. The van der Waals surface area contributed by atoms with Gasteiger partial charge in [-0.15, -0.1) is 0 Å². The molecule has 2 nitrogen and oxygen atoms in total. The summed E-state index contributed by atoms with van der Waals surface area (Å²) in [5.74, 6) is 0. The number of nitrogens with two attached hydrogens (primary N) is 1. The second-order valence-corrected chi connectivity index (χ2v) is 4.36. The molecule has 0 aliphatic heterocycles. The van der Waals surface area contributed by atoms with Crippen molar-refractivity contribution in [1.82, 2.24) is 0 Å². The molecule has 0 unspecified atom stereocenters. The summed E-state index contributed by atoms with van der Waals surface area (Å²) in [6, 6.07) is 6.37. The Hall–Kier alpha value is -0.540. The van der Waals surface area contributed by atoms with Gasteiger partial charge in [-0.3, -0.25) is 0 Å². The van der Waals surface area contributed by atoms with Gasteiger partial charge in [0.25, 0.3) is 0 Å². The fraction of sp³-hybridized carbons (Fsp3) is 0.455. The smallest absolute Gasteiger partial charge is 0.0375 e. The van der Waals surface area contributed by atoms with Gasteiger partial charge in [0.2, 0.25) is 0 Å². The van der Waals surface area contributed by atoms with Gasteiger partial charge in [0.05, 0.1) is 0 Å². The standard InChI is InChI=1S/C11H17BrN2/c1-4-14(3)9-5-6-10(8(2)13)11(12)7-9/h5-8H,4,13H2,1-3H3/t8-/m1/s1. The molecule has 0 radical (unpaired) electrons. The Morgan fingerprint density at radius 3 is 2.57 bits per heavy atom. The van der Waals surface area contributed by atoms with Crippen molar-refractivity contribution in [2.75, 3.05) is 18.5 Å². The van der Waals surface area contributed by atoms with Crippen molar-refractivity contribution < 1.29 is 0 Å². The number of anilines is 1. The van der Waals surface area contributed by atoms with Crippen LogP contribution in [0.4, 0.5) is 5.69 Å². The van der Waals surface area contributed by atoms with Crippen LogP contribution in [0.1, 0.15) is 25.5 Å². The van der Waals surface area contributed by atoms with Crippen molar-refractivity contribution in [2.45, 2.75) is 19.9 Å². The van der Waals surface area contributed by atoms with E-state index >= 15 is 0 Å². The SMILES string of the molecule is CCN(C)c1ccc([C@@H](C)N)c(Br)c1. The molecule has 0 fully saturated rings. The zero-order valence-corrected chi connectivity index (χ0v) is 10.5. The Bertz CT molecular complexity index is 310. The second kappa shape index (κ2) is 4.80. The van der Waals surface area contributed by atoms with E-state index in [1.165, 1.54) is 5.69 Å². The third-order valence-electron chi connectivity index (χ3n) is 2.39. The highest BCUT2D eigenvalue weighted by molar-refractivity contribution is 9.10. The van der Waals surface area contributed by atoms with Crippen LogP contribution < -0.4 is 10.6 Å². The number of hydrogen-bond acceptors (Lipinski definition) is 2. The third kappa shape index (κ3) is 2.49. The van der Waals surface area contributed by atoms with E-state index in [9.17, 15) is 0 Å². The minimum atomic E-state index is 0.0744. The summed E-state index contributed by atoms with van der Waals surface area (Å²) in [4.78, 5) is 2.19. The normalized spacial score (nSPS) is 12.6. The van der Waals surface area contributed by atoms with Crippen LogP contribution in [-0.2, 0) is 0 Å². The van der Waals surface area contributed by atoms with Gasteiger partial charge in [-0.25, -0.2) is 0 Å². The topological polar surface area (TPSA) is 29.3 Å². The highest BCUT2D eigenvalue weighted by Crippen LogP contribution is 2.26. The summed E-state index contributed by atoms with van der Waals surface area (Å²) in [6.45, 7) is 5.13. The fourth-order valence-electron chi connectivity index (χ4n) is 1.31. The lowest BCUT2D eigenvalue weighted by molar-refractivity contribution is 0.812. The van der Waals surface area contributed by atoms with E-state index in [1.54, 1.807) is 0 Å². The molecule has 3 heteroatoms. The maximum Gasteiger partial charge on any atom is 0.0375 e. The van der Waals surface area contributed by atoms with Gasteiger partial charge in [-0.2, -0.15) is 0 Å². The van der Waals surface area contributed by atoms with E-state index in [4.69, 9.17) is 5.73 Å². The largest absolute Gasteiger partial charge is 0.375 e. The van der Waals surface area contributed by atoms with E-state index in [2.05, 4.69) is 53.0 Å². The van der Waals surface area contributed by atoms with Gasteiger partial charge in [-0.1, -0.05) is 22.0 Å². The summed E-state index contributed by atoms with van der Waals surface area (Å²) in [6.07, 6.45) is 0. The summed E-state index contributed by atoms with van der Waals surface area (Å²) < 4.78 is 1.09. The van der Waals surface area contributed by atoms with Crippen LogP contribution >= 0.6 is 15.9 Å². The van der Waals surface area contributed by atoms with Crippen LogP contribution in [0.3, 0.4) is 0 Å². The van der Waals surface area contributed by atoms with Crippen LogP contribution in [0.2, 0.25) is 0 Å². The van der Waals surface area contributed by atoms with Gasteiger partial charge >= 0.3 is 0 Å². The highest BCUT2D eigenvalue weighted by Gasteiger charge is 2.06. The average molecular weight is 257 g/mol. The summed E-state index contributed by atoms with van der Waals surface area (Å²) in [5, 5.41) is 0. The molecule has 0 heterocycles. The summed E-state index contributed by atoms with van der Waals surface area (Å²) in [5.41, 5.74) is 8.19. The molecule has 0 amide bonds. The molecule has 1 aromatic rings. The maximum absolute atomic E-state index is 5.83. The number of rotatable bonds is 3. The van der Waals surface area contributed by atoms with Crippen LogP contribution in [0, 0.1) is 0 Å². The van der Waals surface area contributed by atoms with Gasteiger partial charge in [0.1, 0.15) is 0 Å². The molecular formula is C11H17BrN2. The van der Waals surface area contributed by atoms with Crippen molar-refractivity contribution in [1.29, 1.82) is 0 Å². The minimum absolute atomic E-state index is 0.0744. The van der Waals surface area contributed by atoms with Gasteiger partial charge < -0.3 is 10.6 Å². The molecule has 78 valence electrons. The van der Waals surface area contributed by atoms with E-state index in [0.29, 0.717) is 0 Å². The highest BCUT2D eigenvalue weighted by atomic mass is 79.9. The van der Waals surface area contributed by atoms with Crippen LogP contribution in [-0.4, -0.2) is 13.6 Å². The van der Waals surface area contributed by atoms with Crippen molar-refractivity contribution in [3.8, 4) is 0 Å². The molecule has 2 N–H and O–H groups in total. The molecule has 1 aromatic carbocycles. The van der Waals surface area contributed by atoms with Gasteiger partial charge in [0.15, 0.2) is 0 Å². The molecule has 14 heavy (non-hydrogen) atoms. The Balaban J connectivity index is 3.00. The van der Waals surface area contributed by atoms with Crippen LogP contribution in [0.25, 0.3) is 0 Å². The maximum atomic E-state index is 5.83. The Kier molecular flexibility index (Phi) is 3.96. The van der Waals surface area contributed by atoms with E-state index < -0.39 is 0 Å². The second-order valence-electron chi connectivity index (χ2n) is 3.51. The van der Waals surface area contributed by atoms with Gasteiger partial charge in [0, 0.05) is 29.8 Å². The van der Waals surface area contributed by atoms with Gasteiger partial charge in [-0.05, 0) is 31.5 Å². The monoisotopic (exact) mass is 256 g/mol. The van der Waals surface area contributed by atoms with E-state index in [-0.39, 0.29) is 6.04 Å². The molecule has 0 saturated carbocycles. The first-order valence-corrected chi connectivity index (χ1v) is 5.61. The average Bonchev–Trinajstić information content (AvgIpc) is 2.15. The Morgan fingerprint density at radius 2 is 2.14 bits per heavy atom. The molecule has 0 bridgehead atoms. The summed E-state index contributed by atoms with van der Waals surface area (Å²) >= 11 is 3.54. The van der Waals surface area contributed by atoms with Crippen LogP contribution in [0.15, 0.2) is 22.7 Å². The van der Waals surface area contributed by atoms with E-state index in [0.717, 1.165) is 16.6 Å². The lowest BCUT2D eigenvalue weighted by Gasteiger charge is -2.18. The fourth-order valence-corrected chi connectivity index (χ4v) is 2.03. The first kappa shape index (κ1) is 11.5. The molecule has 0 aliphatic rings. The number of halogens is 1. The predicted molar refractivity (Wildman–Crippen MR) is 65.7 cm³/mol. The molecule has 0 aromatic heterocycles. The predicted octanol–water partition coefficient (Wildman–Crippen LogP) is 2.92. The Labute approximate surface area is 94.2 Å². The van der Waals surface area contributed by atoms with E-state index in [1.807, 2.05) is 6.92 Å². The zero-order chi connectivity index (χ0) is 10.7. The van der Waals surface area contributed by atoms with Crippen molar-refractivity contribution in [2.24, 2.45) is 5.73 Å². The van der Waals surface area contributed by atoms with Crippen molar-refractivity contribution in [3.05, 3.63) is 28.2 Å². The van der Waals surface area contributed by atoms with Crippen molar-refractivity contribution in [3.63, 3.8) is 0 Å². The molecule has 0 saturated heterocycles. The number of nitrogens with zero attached hydrogens (tertiary/aromatic N) is 1. The molecule has 1 atom stereocenters. The lowest BCUT2D eigenvalue weighted by Crippen LogP contribution is -2.16. The number of hydrogen-bond donors (Lipinski definition) is 1. The van der Waals surface area contributed by atoms with Crippen molar-refractivity contribution >= 4 is 21.6 Å². The molecule has 0 aliphatic carbocycles. The molecular weight excluding hydrogens is 240 g/mol.